The number of aliphatic carboxylic acids is 1. The molecular weight excluding hydrogens is 351 g/mol. The number of carbonyl (C=O) groups is 2. The van der Waals surface area contributed by atoms with Crippen LogP contribution in [0.25, 0.3) is 0 Å². The van der Waals surface area contributed by atoms with Crippen LogP contribution in [0.5, 0.6) is 5.75 Å². The molecule has 0 aliphatic heterocycles. The number of Topliss-reactive ketones (excluding diaryl/α,β-unsaturated/α-hetero) is 1. The summed E-state index contributed by atoms with van der Waals surface area (Å²) in [6.07, 6.45) is 1.23. The zero-order valence-electron chi connectivity index (χ0n) is 11.9. The second-order valence-corrected chi connectivity index (χ2v) is 6.69. The van der Waals surface area contributed by atoms with E-state index < -0.39 is 10.8 Å². The lowest BCUT2D eigenvalue weighted by Gasteiger charge is -2.15. The molecule has 1 aromatic carbocycles. The van der Waals surface area contributed by atoms with Crippen molar-refractivity contribution < 1.29 is 19.4 Å². The Morgan fingerprint density at radius 3 is 2.68 bits per heavy atom. The van der Waals surface area contributed by atoms with Crippen LogP contribution in [0.2, 0.25) is 10.0 Å². The first-order chi connectivity index (χ1) is 10.3. The van der Waals surface area contributed by atoms with E-state index in [4.69, 9.17) is 44.6 Å². The Bertz CT molecular complexity index is 630. The summed E-state index contributed by atoms with van der Waals surface area (Å²) in [6.45, 7) is 2.05. The summed E-state index contributed by atoms with van der Waals surface area (Å²) in [6, 6.07) is 1.67. The van der Waals surface area contributed by atoms with Crippen LogP contribution in [0.3, 0.4) is 0 Å². The molecule has 1 atom stereocenters. The van der Waals surface area contributed by atoms with E-state index in [9.17, 15) is 9.59 Å². The van der Waals surface area contributed by atoms with Crippen molar-refractivity contribution in [3.63, 3.8) is 0 Å². The molecule has 0 saturated carbocycles. The minimum atomic E-state index is -0.975. The van der Waals surface area contributed by atoms with Crippen LogP contribution in [0.1, 0.15) is 42.1 Å². The van der Waals surface area contributed by atoms with Crippen molar-refractivity contribution in [2.24, 2.45) is 0 Å². The fourth-order valence-corrected chi connectivity index (χ4v) is 3.18. The molecule has 0 amide bonds. The highest BCUT2D eigenvalue weighted by molar-refractivity contribution is 6.48. The first-order valence-corrected chi connectivity index (χ1v) is 8.02. The summed E-state index contributed by atoms with van der Waals surface area (Å²) >= 11 is 18.7. The molecule has 22 heavy (non-hydrogen) atoms. The highest BCUT2D eigenvalue weighted by atomic mass is 35.5. The molecule has 0 radical (unpaired) electrons. The summed E-state index contributed by atoms with van der Waals surface area (Å²) in [7, 11) is 0. The molecule has 0 fully saturated rings. The monoisotopic (exact) mass is 364 g/mol. The average Bonchev–Trinajstić information content (AvgIpc) is 2.72. The zero-order chi connectivity index (χ0) is 16.5. The number of rotatable bonds is 6. The van der Waals surface area contributed by atoms with Crippen LogP contribution < -0.4 is 4.74 Å². The van der Waals surface area contributed by atoms with Gasteiger partial charge in [-0.1, -0.05) is 30.1 Å². The van der Waals surface area contributed by atoms with Crippen molar-refractivity contribution >= 4 is 46.6 Å². The highest BCUT2D eigenvalue weighted by Gasteiger charge is 2.44. The van der Waals surface area contributed by atoms with Crippen LogP contribution in [-0.4, -0.2) is 28.3 Å². The summed E-state index contributed by atoms with van der Waals surface area (Å²) in [4.78, 5) is 21.9. The summed E-state index contributed by atoms with van der Waals surface area (Å²) < 4.78 is 5.50. The van der Waals surface area contributed by atoms with Crippen molar-refractivity contribution in [1.82, 2.24) is 0 Å². The molecule has 120 valence electrons. The minimum Gasteiger partial charge on any atom is -0.492 e. The largest absolute Gasteiger partial charge is 0.492 e. The standard InChI is InChI=1S/C15H15Cl3O4/c1-2-15(18)7-8-6-9(22-5-3-4-10(19)20)12(16)13(17)11(8)14(15)21/h6H,2-5,7H2,1H3,(H,19,20). The molecule has 1 aliphatic rings. The lowest BCUT2D eigenvalue weighted by atomic mass is 10.0. The normalized spacial score (nSPS) is 20.1. The fraction of sp³-hybridized carbons (Fsp3) is 0.467. The van der Waals surface area contributed by atoms with Crippen molar-refractivity contribution in [1.29, 1.82) is 0 Å². The molecular formula is C15H15Cl3O4. The molecule has 0 saturated heterocycles. The van der Waals surface area contributed by atoms with E-state index in [0.717, 1.165) is 0 Å². The maximum atomic E-state index is 12.4. The summed E-state index contributed by atoms with van der Waals surface area (Å²) in [5.74, 6) is -0.751. The quantitative estimate of drug-likeness (QED) is 0.601. The number of carbonyl (C=O) groups excluding carboxylic acids is 1. The molecule has 1 aromatic rings. The Morgan fingerprint density at radius 2 is 2.09 bits per heavy atom. The van der Waals surface area contributed by atoms with E-state index in [1.165, 1.54) is 0 Å². The SMILES string of the molecule is CCC1(Cl)Cc2cc(OCCCC(=O)O)c(Cl)c(Cl)c2C1=O. The van der Waals surface area contributed by atoms with Crippen molar-refractivity contribution in [2.75, 3.05) is 6.61 Å². The lowest BCUT2D eigenvalue weighted by molar-refractivity contribution is -0.137. The molecule has 1 aliphatic carbocycles. The Kier molecular flexibility index (Phi) is 5.25. The van der Waals surface area contributed by atoms with Gasteiger partial charge in [0.15, 0.2) is 5.78 Å². The predicted octanol–water partition coefficient (Wildman–Crippen LogP) is 4.36. The van der Waals surface area contributed by atoms with Crippen LogP contribution in [0.4, 0.5) is 0 Å². The first-order valence-electron chi connectivity index (χ1n) is 6.89. The van der Waals surface area contributed by atoms with Crippen LogP contribution in [0.15, 0.2) is 6.07 Å². The van der Waals surface area contributed by atoms with Gasteiger partial charge in [0, 0.05) is 12.0 Å². The van der Waals surface area contributed by atoms with Gasteiger partial charge < -0.3 is 9.84 Å². The highest BCUT2D eigenvalue weighted by Crippen LogP contribution is 2.46. The third kappa shape index (κ3) is 3.19. The third-order valence-electron chi connectivity index (χ3n) is 3.71. The van der Waals surface area contributed by atoms with Gasteiger partial charge in [-0.15, -0.1) is 11.6 Å². The van der Waals surface area contributed by atoms with Gasteiger partial charge in [0.2, 0.25) is 0 Å². The number of fused-ring (bicyclic) bond motifs is 1. The number of halogens is 3. The maximum Gasteiger partial charge on any atom is 0.303 e. The van der Waals surface area contributed by atoms with E-state index in [2.05, 4.69) is 0 Å². The summed E-state index contributed by atoms with van der Waals surface area (Å²) in [5.41, 5.74) is 1.07. The molecule has 0 aromatic heterocycles. The van der Waals surface area contributed by atoms with Crippen LogP contribution in [-0.2, 0) is 11.2 Å². The third-order valence-corrected chi connectivity index (χ3v) is 5.14. The smallest absolute Gasteiger partial charge is 0.303 e. The number of hydrogen-bond acceptors (Lipinski definition) is 3. The van der Waals surface area contributed by atoms with Crippen LogP contribution >= 0.6 is 34.8 Å². The molecule has 0 spiro atoms. The minimum absolute atomic E-state index is 0.00933. The number of benzene rings is 1. The van der Waals surface area contributed by atoms with Gasteiger partial charge >= 0.3 is 5.97 Å². The van der Waals surface area contributed by atoms with Gasteiger partial charge in [-0.05, 0) is 30.9 Å². The molecule has 1 N–H and O–H groups in total. The Hall–Kier alpha value is -0.970. The lowest BCUT2D eigenvalue weighted by Crippen LogP contribution is -2.27. The number of hydrogen-bond donors (Lipinski definition) is 1. The zero-order valence-corrected chi connectivity index (χ0v) is 14.2. The number of carboxylic acids is 1. The summed E-state index contributed by atoms with van der Waals surface area (Å²) in [5, 5.41) is 8.90. The average molecular weight is 366 g/mol. The predicted molar refractivity (Wildman–Crippen MR) is 85.7 cm³/mol. The van der Waals surface area contributed by atoms with E-state index in [1.54, 1.807) is 6.07 Å². The fourth-order valence-electron chi connectivity index (χ4n) is 2.44. The topological polar surface area (TPSA) is 63.6 Å². The van der Waals surface area contributed by atoms with Crippen molar-refractivity contribution in [2.45, 2.75) is 37.5 Å². The van der Waals surface area contributed by atoms with E-state index in [0.29, 0.717) is 36.1 Å². The second kappa shape index (κ2) is 6.65. The van der Waals surface area contributed by atoms with Crippen LogP contribution in [0, 0.1) is 0 Å². The van der Waals surface area contributed by atoms with Gasteiger partial charge in [-0.3, -0.25) is 9.59 Å². The Morgan fingerprint density at radius 1 is 1.41 bits per heavy atom. The van der Waals surface area contributed by atoms with E-state index in [1.807, 2.05) is 6.92 Å². The molecule has 2 rings (SSSR count). The van der Waals surface area contributed by atoms with Gasteiger partial charge in [0.05, 0.1) is 11.6 Å². The molecule has 1 unspecified atom stereocenters. The van der Waals surface area contributed by atoms with Gasteiger partial charge in [0.25, 0.3) is 0 Å². The molecule has 0 bridgehead atoms. The Labute approximate surface area is 143 Å². The second-order valence-electron chi connectivity index (χ2n) is 5.21. The van der Waals surface area contributed by atoms with E-state index in [-0.39, 0.29) is 28.9 Å². The van der Waals surface area contributed by atoms with Gasteiger partial charge in [-0.2, -0.15) is 0 Å². The molecule has 4 nitrogen and oxygen atoms in total. The molecule has 0 heterocycles. The number of alkyl halides is 1. The number of carboxylic acid groups (broad SMARTS) is 1. The van der Waals surface area contributed by atoms with Gasteiger partial charge in [0.1, 0.15) is 15.6 Å². The molecule has 7 heteroatoms. The van der Waals surface area contributed by atoms with Gasteiger partial charge in [-0.25, -0.2) is 0 Å². The number of ether oxygens (including phenoxy) is 1. The number of ketones is 1. The van der Waals surface area contributed by atoms with Crippen molar-refractivity contribution in [3.8, 4) is 5.75 Å². The van der Waals surface area contributed by atoms with E-state index >= 15 is 0 Å². The first kappa shape index (κ1) is 17.4. The maximum absolute atomic E-state index is 12.4. The van der Waals surface area contributed by atoms with Crippen molar-refractivity contribution in [3.05, 3.63) is 27.2 Å². The Balaban J connectivity index is 2.23.